The molecule has 0 aromatic heterocycles. The van der Waals surface area contributed by atoms with E-state index in [1.165, 1.54) is 70.6 Å². The predicted molar refractivity (Wildman–Crippen MR) is 119 cm³/mol. The Labute approximate surface area is 204 Å². The molecule has 0 aliphatic rings. The van der Waals surface area contributed by atoms with Crippen LogP contribution in [-0.4, -0.2) is 29.4 Å². The molecule has 0 saturated carbocycles. The van der Waals surface area contributed by atoms with Crippen molar-refractivity contribution in [2.75, 3.05) is 0 Å². The van der Waals surface area contributed by atoms with Gasteiger partial charge in [0.1, 0.15) is 0 Å². The van der Waals surface area contributed by atoms with E-state index in [1.54, 1.807) is 0 Å². The number of aliphatic hydroxyl groups is 1. The van der Waals surface area contributed by atoms with Crippen molar-refractivity contribution in [2.24, 2.45) is 0 Å². The molecule has 0 rings (SSSR count). The maximum atomic E-state index is 11.2. The van der Waals surface area contributed by atoms with Crippen molar-refractivity contribution in [1.82, 2.24) is 0 Å². The Kier molecular flexibility index (Phi) is 24.4. The summed E-state index contributed by atoms with van der Waals surface area (Å²) in [5, 5.41) is 9.31. The topological polar surface area (TPSA) is 77.4 Å². The molecule has 0 saturated heterocycles. The Morgan fingerprint density at radius 1 is 0.621 bits per heavy atom. The number of aliphatic hydroxyl groups excluding tert-OH is 1. The largest absolute Gasteiger partial charge is 1.00 e. The fourth-order valence-corrected chi connectivity index (χ4v) is 4.85. The third-order valence-corrected chi connectivity index (χ3v) is 7.01. The van der Waals surface area contributed by atoms with Gasteiger partial charge < -0.3 is 9.66 Å². The minimum atomic E-state index is -4.18. The summed E-state index contributed by atoms with van der Waals surface area (Å²) < 4.78 is 33.6. The Morgan fingerprint density at radius 2 is 1.00 bits per heavy atom. The zero-order valence-electron chi connectivity index (χ0n) is 19.7. The molecule has 2 unspecified atom stereocenters. The van der Waals surface area contributed by atoms with Gasteiger partial charge in [-0.25, -0.2) is 8.42 Å². The standard InChI is InChI=1S/C23H48O4S.Na/c1-3-5-6-7-8-9-10-11-12-13-14-15-19-22(24)20-16-17-21-23(18-4-2)28(25,26)27;/h22-24H,3-21H2,1-2H3,(H,25,26,27);/q;+1/p-1. The fourth-order valence-electron chi connectivity index (χ4n) is 3.87. The molecule has 4 nitrogen and oxygen atoms in total. The average molecular weight is 443 g/mol. The Balaban J connectivity index is 0. The van der Waals surface area contributed by atoms with Crippen LogP contribution in [0.3, 0.4) is 0 Å². The van der Waals surface area contributed by atoms with Crippen LogP contribution in [0.5, 0.6) is 0 Å². The molecule has 1 N–H and O–H groups in total. The van der Waals surface area contributed by atoms with Gasteiger partial charge in [0.05, 0.1) is 16.2 Å². The first kappa shape index (κ1) is 32.1. The molecule has 0 bridgehead atoms. The summed E-state index contributed by atoms with van der Waals surface area (Å²) >= 11 is 0. The summed E-state index contributed by atoms with van der Waals surface area (Å²) in [5.41, 5.74) is 0. The maximum absolute atomic E-state index is 11.2. The van der Waals surface area contributed by atoms with E-state index in [0.717, 1.165) is 25.7 Å². The Morgan fingerprint density at radius 3 is 1.41 bits per heavy atom. The summed E-state index contributed by atoms with van der Waals surface area (Å²) in [6, 6.07) is 0. The number of hydrogen-bond acceptors (Lipinski definition) is 4. The smallest absolute Gasteiger partial charge is 0.748 e. The van der Waals surface area contributed by atoms with E-state index in [2.05, 4.69) is 6.92 Å². The van der Waals surface area contributed by atoms with Crippen LogP contribution in [0.4, 0.5) is 0 Å². The normalized spacial score (nSPS) is 13.8. The van der Waals surface area contributed by atoms with E-state index in [-0.39, 0.29) is 35.7 Å². The van der Waals surface area contributed by atoms with Gasteiger partial charge in [-0.2, -0.15) is 0 Å². The first-order valence-corrected chi connectivity index (χ1v) is 13.5. The molecular weight excluding hydrogens is 395 g/mol. The molecule has 0 aliphatic heterocycles. The fraction of sp³-hybridized carbons (Fsp3) is 1.00. The van der Waals surface area contributed by atoms with E-state index < -0.39 is 15.4 Å². The molecule has 6 heteroatoms. The molecule has 0 aromatic rings. The van der Waals surface area contributed by atoms with E-state index in [9.17, 15) is 18.1 Å². The van der Waals surface area contributed by atoms with Crippen LogP contribution < -0.4 is 29.6 Å². The molecule has 0 heterocycles. The molecule has 0 fully saturated rings. The third kappa shape index (κ3) is 21.9. The number of hydrogen-bond donors (Lipinski definition) is 1. The molecule has 0 aromatic carbocycles. The molecule has 29 heavy (non-hydrogen) atoms. The first-order valence-electron chi connectivity index (χ1n) is 12.0. The van der Waals surface area contributed by atoms with Gasteiger partial charge >= 0.3 is 29.6 Å². The molecule has 2 atom stereocenters. The summed E-state index contributed by atoms with van der Waals surface area (Å²) in [5.74, 6) is 0. The first-order chi connectivity index (χ1) is 13.4. The van der Waals surface area contributed by atoms with Crippen LogP contribution in [0.2, 0.25) is 0 Å². The van der Waals surface area contributed by atoms with Crippen LogP contribution in [0.15, 0.2) is 0 Å². The van der Waals surface area contributed by atoms with Crippen LogP contribution in [-0.2, 0) is 10.1 Å². The van der Waals surface area contributed by atoms with Crippen LogP contribution in [0, 0.1) is 0 Å². The zero-order chi connectivity index (χ0) is 21.1. The summed E-state index contributed by atoms with van der Waals surface area (Å²) in [7, 11) is -4.18. The van der Waals surface area contributed by atoms with Gasteiger partial charge in [0.15, 0.2) is 0 Å². The van der Waals surface area contributed by atoms with Gasteiger partial charge in [0, 0.05) is 5.25 Å². The van der Waals surface area contributed by atoms with E-state index in [0.29, 0.717) is 25.7 Å². The van der Waals surface area contributed by atoms with E-state index in [4.69, 9.17) is 0 Å². The van der Waals surface area contributed by atoms with Gasteiger partial charge in [-0.1, -0.05) is 110 Å². The molecule has 0 radical (unpaired) electrons. The van der Waals surface area contributed by atoms with Gasteiger partial charge in [0.25, 0.3) is 0 Å². The zero-order valence-corrected chi connectivity index (χ0v) is 22.5. The maximum Gasteiger partial charge on any atom is 1.00 e. The van der Waals surface area contributed by atoms with Crippen molar-refractivity contribution < 1.29 is 47.6 Å². The van der Waals surface area contributed by atoms with Gasteiger partial charge in [-0.05, 0) is 25.7 Å². The average Bonchev–Trinajstić information content (AvgIpc) is 2.64. The van der Waals surface area contributed by atoms with Crippen molar-refractivity contribution in [1.29, 1.82) is 0 Å². The monoisotopic (exact) mass is 442 g/mol. The molecule has 170 valence electrons. The number of unbranched alkanes of at least 4 members (excludes halogenated alkanes) is 12. The molecule has 0 aliphatic carbocycles. The van der Waals surface area contributed by atoms with Crippen LogP contribution >= 0.6 is 0 Å². The number of rotatable bonds is 21. The van der Waals surface area contributed by atoms with Crippen molar-refractivity contribution in [3.63, 3.8) is 0 Å². The summed E-state index contributed by atoms with van der Waals surface area (Å²) in [4.78, 5) is 0. The van der Waals surface area contributed by atoms with Crippen molar-refractivity contribution >= 4 is 10.1 Å². The molecular formula is C23H47NaO4S. The van der Waals surface area contributed by atoms with Crippen LogP contribution in [0.1, 0.15) is 136 Å². The van der Waals surface area contributed by atoms with Gasteiger partial charge in [-0.3, -0.25) is 0 Å². The minimum absolute atomic E-state index is 0. The second-order valence-corrected chi connectivity index (χ2v) is 10.2. The van der Waals surface area contributed by atoms with Crippen molar-refractivity contribution in [2.45, 2.75) is 147 Å². The van der Waals surface area contributed by atoms with E-state index in [1.807, 2.05) is 6.92 Å². The quantitative estimate of drug-likeness (QED) is 0.167. The van der Waals surface area contributed by atoms with Crippen LogP contribution in [0.25, 0.3) is 0 Å². The molecule has 0 spiro atoms. The van der Waals surface area contributed by atoms with Crippen molar-refractivity contribution in [3.8, 4) is 0 Å². The minimum Gasteiger partial charge on any atom is -0.748 e. The Hall–Kier alpha value is 0.870. The predicted octanol–water partition coefficient (Wildman–Crippen LogP) is 3.72. The summed E-state index contributed by atoms with van der Waals surface area (Å²) in [6.45, 7) is 4.16. The third-order valence-electron chi connectivity index (χ3n) is 5.72. The summed E-state index contributed by atoms with van der Waals surface area (Å²) in [6.07, 6.45) is 20.2. The second kappa shape index (κ2) is 22.1. The van der Waals surface area contributed by atoms with Crippen molar-refractivity contribution in [3.05, 3.63) is 0 Å². The Bertz CT molecular complexity index is 429. The van der Waals surface area contributed by atoms with Gasteiger partial charge in [0.2, 0.25) is 0 Å². The molecule has 0 amide bonds. The van der Waals surface area contributed by atoms with E-state index >= 15 is 0 Å². The van der Waals surface area contributed by atoms with Gasteiger partial charge in [-0.15, -0.1) is 0 Å². The SMILES string of the molecule is CCCCCCCCCCCCCCC(O)CCCCC(CCC)S(=O)(=O)[O-].[Na+]. The second-order valence-electron chi connectivity index (χ2n) is 8.52.